The molecule has 94 valence electrons. The van der Waals surface area contributed by atoms with E-state index in [1.54, 1.807) is 12.4 Å². The Morgan fingerprint density at radius 3 is 2.78 bits per heavy atom. The summed E-state index contributed by atoms with van der Waals surface area (Å²) >= 11 is 0. The van der Waals surface area contributed by atoms with Gasteiger partial charge in [0.2, 0.25) is 0 Å². The summed E-state index contributed by atoms with van der Waals surface area (Å²) < 4.78 is 26.5. The topological polar surface area (TPSA) is 38.9 Å². The summed E-state index contributed by atoms with van der Waals surface area (Å²) in [7, 11) is 0. The van der Waals surface area contributed by atoms with Crippen LogP contribution in [0, 0.1) is 11.6 Å². The highest BCUT2D eigenvalue weighted by Crippen LogP contribution is 2.20. The monoisotopic (exact) mass is 248 g/mol. The summed E-state index contributed by atoms with van der Waals surface area (Å²) in [5.74, 6) is -0.932. The van der Waals surface area contributed by atoms with Crippen molar-refractivity contribution in [3.63, 3.8) is 0 Å². The molecule has 2 N–H and O–H groups in total. The lowest BCUT2D eigenvalue weighted by Crippen LogP contribution is -2.13. The van der Waals surface area contributed by atoms with Gasteiger partial charge in [0.05, 0.1) is 0 Å². The lowest BCUT2D eigenvalue weighted by atomic mass is 10.00. The first-order chi connectivity index (χ1) is 8.66. The minimum Gasteiger partial charge on any atom is -0.324 e. The van der Waals surface area contributed by atoms with Crippen molar-refractivity contribution in [2.24, 2.45) is 5.73 Å². The molecule has 18 heavy (non-hydrogen) atoms. The number of pyridine rings is 1. The van der Waals surface area contributed by atoms with Crippen LogP contribution in [0.2, 0.25) is 0 Å². The molecule has 2 rings (SSSR count). The SMILES string of the molecule is NC(CCc1cccnc1)c1cc(F)ccc1F. The second-order valence-electron chi connectivity index (χ2n) is 4.17. The van der Waals surface area contributed by atoms with Gasteiger partial charge in [0.15, 0.2) is 0 Å². The zero-order valence-electron chi connectivity index (χ0n) is 9.81. The number of halogens is 2. The van der Waals surface area contributed by atoms with Gasteiger partial charge < -0.3 is 5.73 Å². The van der Waals surface area contributed by atoms with E-state index in [-0.39, 0.29) is 5.56 Å². The zero-order chi connectivity index (χ0) is 13.0. The van der Waals surface area contributed by atoms with Gasteiger partial charge in [0, 0.05) is 24.0 Å². The number of nitrogens with two attached hydrogens (primary N) is 1. The van der Waals surface area contributed by atoms with Crippen LogP contribution < -0.4 is 5.73 Å². The molecular weight excluding hydrogens is 234 g/mol. The average Bonchev–Trinajstić information content (AvgIpc) is 2.40. The van der Waals surface area contributed by atoms with E-state index in [2.05, 4.69) is 4.98 Å². The fraction of sp³-hybridized carbons (Fsp3) is 0.214. The molecule has 1 aromatic carbocycles. The molecule has 1 atom stereocenters. The highest BCUT2D eigenvalue weighted by molar-refractivity contribution is 5.22. The van der Waals surface area contributed by atoms with E-state index < -0.39 is 17.7 Å². The molecule has 0 amide bonds. The molecule has 0 radical (unpaired) electrons. The Morgan fingerprint density at radius 1 is 1.22 bits per heavy atom. The van der Waals surface area contributed by atoms with Crippen LogP contribution >= 0.6 is 0 Å². The van der Waals surface area contributed by atoms with Gasteiger partial charge in [-0.1, -0.05) is 6.07 Å². The van der Waals surface area contributed by atoms with Crippen molar-refractivity contribution in [2.75, 3.05) is 0 Å². The van der Waals surface area contributed by atoms with Crippen molar-refractivity contribution < 1.29 is 8.78 Å². The van der Waals surface area contributed by atoms with Crippen molar-refractivity contribution in [2.45, 2.75) is 18.9 Å². The third kappa shape index (κ3) is 3.11. The highest BCUT2D eigenvalue weighted by Gasteiger charge is 2.12. The van der Waals surface area contributed by atoms with Crippen LogP contribution in [0.15, 0.2) is 42.7 Å². The second kappa shape index (κ2) is 5.69. The highest BCUT2D eigenvalue weighted by atomic mass is 19.1. The van der Waals surface area contributed by atoms with Gasteiger partial charge in [-0.15, -0.1) is 0 Å². The molecule has 1 unspecified atom stereocenters. The molecule has 0 aliphatic carbocycles. The lowest BCUT2D eigenvalue weighted by Gasteiger charge is -2.12. The Labute approximate surface area is 104 Å². The summed E-state index contributed by atoms with van der Waals surface area (Å²) in [6.45, 7) is 0. The van der Waals surface area contributed by atoms with Gasteiger partial charge in [-0.3, -0.25) is 4.98 Å². The minimum atomic E-state index is -0.513. The van der Waals surface area contributed by atoms with E-state index in [0.717, 1.165) is 23.8 Å². The summed E-state index contributed by atoms with van der Waals surface area (Å²) in [6.07, 6.45) is 4.67. The van der Waals surface area contributed by atoms with Gasteiger partial charge in [0.25, 0.3) is 0 Å². The molecule has 4 heteroatoms. The number of benzene rings is 1. The van der Waals surface area contributed by atoms with E-state index in [9.17, 15) is 8.78 Å². The fourth-order valence-corrected chi connectivity index (χ4v) is 1.82. The molecule has 0 spiro atoms. The number of rotatable bonds is 4. The van der Waals surface area contributed by atoms with E-state index in [0.29, 0.717) is 12.8 Å². The number of aryl methyl sites for hydroxylation is 1. The van der Waals surface area contributed by atoms with Crippen LogP contribution in [-0.2, 0) is 6.42 Å². The normalized spacial score (nSPS) is 12.4. The maximum atomic E-state index is 13.5. The first-order valence-corrected chi connectivity index (χ1v) is 5.76. The van der Waals surface area contributed by atoms with Crippen LogP contribution in [0.1, 0.15) is 23.6 Å². The number of nitrogens with zero attached hydrogens (tertiary/aromatic N) is 1. The van der Waals surface area contributed by atoms with Crippen LogP contribution in [0.3, 0.4) is 0 Å². The molecule has 0 bridgehead atoms. The van der Waals surface area contributed by atoms with Crippen LogP contribution in [0.5, 0.6) is 0 Å². The summed E-state index contributed by atoms with van der Waals surface area (Å²) in [5.41, 5.74) is 7.14. The van der Waals surface area contributed by atoms with Crippen molar-refractivity contribution in [1.29, 1.82) is 0 Å². The standard InChI is InChI=1S/C14H14F2N2/c15-11-4-5-13(16)12(8-11)14(17)6-3-10-2-1-7-18-9-10/h1-2,4-5,7-9,14H,3,6,17H2. The lowest BCUT2D eigenvalue weighted by molar-refractivity contribution is 0.548. The predicted molar refractivity (Wildman–Crippen MR) is 65.8 cm³/mol. The minimum absolute atomic E-state index is 0.221. The van der Waals surface area contributed by atoms with Crippen molar-refractivity contribution in [1.82, 2.24) is 4.98 Å². The van der Waals surface area contributed by atoms with Gasteiger partial charge in [-0.05, 0) is 42.7 Å². The number of aromatic nitrogens is 1. The molecule has 0 aliphatic rings. The molecule has 2 nitrogen and oxygen atoms in total. The third-order valence-electron chi connectivity index (χ3n) is 2.82. The van der Waals surface area contributed by atoms with Gasteiger partial charge in [-0.2, -0.15) is 0 Å². The summed E-state index contributed by atoms with van der Waals surface area (Å²) in [5, 5.41) is 0. The van der Waals surface area contributed by atoms with Crippen molar-refractivity contribution in [3.8, 4) is 0 Å². The maximum Gasteiger partial charge on any atom is 0.128 e. The number of hydrogen-bond donors (Lipinski definition) is 1. The number of hydrogen-bond acceptors (Lipinski definition) is 2. The van der Waals surface area contributed by atoms with E-state index in [4.69, 9.17) is 5.73 Å². The Morgan fingerprint density at radius 2 is 2.06 bits per heavy atom. The predicted octanol–water partition coefficient (Wildman–Crippen LogP) is 2.99. The summed E-state index contributed by atoms with van der Waals surface area (Å²) in [6, 6.07) is 6.61. The van der Waals surface area contributed by atoms with E-state index >= 15 is 0 Å². The molecule has 1 heterocycles. The molecule has 0 aliphatic heterocycles. The van der Waals surface area contributed by atoms with E-state index in [1.807, 2.05) is 12.1 Å². The average molecular weight is 248 g/mol. The maximum absolute atomic E-state index is 13.5. The Hall–Kier alpha value is -1.81. The van der Waals surface area contributed by atoms with E-state index in [1.165, 1.54) is 0 Å². The smallest absolute Gasteiger partial charge is 0.128 e. The first kappa shape index (κ1) is 12.6. The largest absolute Gasteiger partial charge is 0.324 e. The Balaban J connectivity index is 2.03. The Kier molecular flexibility index (Phi) is 3.99. The van der Waals surface area contributed by atoms with Gasteiger partial charge in [-0.25, -0.2) is 8.78 Å². The van der Waals surface area contributed by atoms with Crippen LogP contribution in [-0.4, -0.2) is 4.98 Å². The van der Waals surface area contributed by atoms with Crippen molar-refractivity contribution in [3.05, 3.63) is 65.5 Å². The van der Waals surface area contributed by atoms with Gasteiger partial charge >= 0.3 is 0 Å². The Bertz CT molecular complexity index is 514. The van der Waals surface area contributed by atoms with Crippen molar-refractivity contribution >= 4 is 0 Å². The van der Waals surface area contributed by atoms with Crippen LogP contribution in [0.25, 0.3) is 0 Å². The molecule has 0 saturated heterocycles. The van der Waals surface area contributed by atoms with Gasteiger partial charge in [0.1, 0.15) is 11.6 Å². The molecular formula is C14H14F2N2. The third-order valence-corrected chi connectivity index (χ3v) is 2.82. The molecule has 1 aromatic heterocycles. The summed E-state index contributed by atoms with van der Waals surface area (Å²) in [4.78, 5) is 3.99. The molecule has 2 aromatic rings. The van der Waals surface area contributed by atoms with Crippen LogP contribution in [0.4, 0.5) is 8.78 Å². The zero-order valence-corrected chi connectivity index (χ0v) is 9.81. The molecule has 0 saturated carbocycles. The second-order valence-corrected chi connectivity index (χ2v) is 4.17. The first-order valence-electron chi connectivity index (χ1n) is 5.76. The molecule has 0 fully saturated rings. The quantitative estimate of drug-likeness (QED) is 0.903. The fourth-order valence-electron chi connectivity index (χ4n) is 1.82.